The van der Waals surface area contributed by atoms with Gasteiger partial charge in [0, 0.05) is 17.1 Å². The summed E-state index contributed by atoms with van der Waals surface area (Å²) in [7, 11) is 0. The molecule has 0 saturated carbocycles. The van der Waals surface area contributed by atoms with Crippen molar-refractivity contribution in [2.45, 2.75) is 20.3 Å². The van der Waals surface area contributed by atoms with Gasteiger partial charge in [-0.1, -0.05) is 0 Å². The zero-order valence-electron chi connectivity index (χ0n) is 11.7. The van der Waals surface area contributed by atoms with E-state index >= 15 is 0 Å². The van der Waals surface area contributed by atoms with E-state index in [-0.39, 0.29) is 36.0 Å². The number of rotatable bonds is 2. The van der Waals surface area contributed by atoms with Crippen molar-refractivity contribution < 1.29 is 38.8 Å². The molecular formula is C13H15N3NaO3+. The molecule has 1 aromatic heterocycles. The number of fused-ring (bicyclic) bond motifs is 1. The molecule has 0 atom stereocenters. The van der Waals surface area contributed by atoms with Crippen LogP contribution in [0, 0.1) is 13.8 Å². The van der Waals surface area contributed by atoms with Crippen LogP contribution in [0.4, 0.5) is 5.69 Å². The van der Waals surface area contributed by atoms with Crippen LogP contribution in [0.2, 0.25) is 0 Å². The Kier molecular flexibility index (Phi) is 5.35. The van der Waals surface area contributed by atoms with Gasteiger partial charge in [0.2, 0.25) is 5.91 Å². The third-order valence-corrected chi connectivity index (χ3v) is 3.17. The van der Waals surface area contributed by atoms with Crippen molar-refractivity contribution in [3.8, 4) is 0 Å². The Morgan fingerprint density at radius 1 is 1.35 bits per heavy atom. The van der Waals surface area contributed by atoms with Gasteiger partial charge in [-0.3, -0.25) is 10.2 Å². The first-order valence-corrected chi connectivity index (χ1v) is 5.76. The van der Waals surface area contributed by atoms with Crippen molar-refractivity contribution in [3.05, 3.63) is 39.2 Å². The van der Waals surface area contributed by atoms with E-state index in [0.717, 1.165) is 10.9 Å². The Hall–Kier alpha value is -1.34. The number of nitrogen functional groups attached to an aromatic ring is 1. The van der Waals surface area contributed by atoms with E-state index in [4.69, 9.17) is 16.0 Å². The van der Waals surface area contributed by atoms with Gasteiger partial charge in [0.15, 0.2) is 0 Å². The van der Waals surface area contributed by atoms with E-state index in [1.165, 1.54) is 0 Å². The maximum atomic E-state index is 11.9. The van der Waals surface area contributed by atoms with Gasteiger partial charge >= 0.3 is 35.2 Å². The van der Waals surface area contributed by atoms with E-state index in [1.807, 2.05) is 18.4 Å². The number of benzene rings is 1. The molecule has 0 aliphatic rings. The summed E-state index contributed by atoms with van der Waals surface area (Å²) >= 11 is 0. The van der Waals surface area contributed by atoms with Gasteiger partial charge < -0.3 is 10.2 Å². The molecule has 0 saturated heterocycles. The molecule has 0 unspecified atom stereocenters. The quantitative estimate of drug-likeness (QED) is 0.141. The van der Waals surface area contributed by atoms with Gasteiger partial charge in [0.05, 0.1) is 12.0 Å². The SMILES string of the molecule is Cc1cc2c(C)c(CC(=O)NN)c(=O)oc2cc1N.[Na+]. The topological polar surface area (TPSA) is 111 Å². The third kappa shape index (κ3) is 3.04. The van der Waals surface area contributed by atoms with Crippen LogP contribution >= 0.6 is 0 Å². The Labute approximate surface area is 137 Å². The standard InChI is InChI=1S/C13H15N3O3.Na/c1-6-3-8-7(2)9(4-12(17)16-15)13(18)19-11(8)5-10(6)14;/h3,5H,4,14-15H2,1-2H3,(H,16,17);/q;+1. The van der Waals surface area contributed by atoms with Gasteiger partial charge in [0.25, 0.3) is 0 Å². The van der Waals surface area contributed by atoms with Crippen molar-refractivity contribution in [2.75, 3.05) is 5.73 Å². The summed E-state index contributed by atoms with van der Waals surface area (Å²) in [6.07, 6.45) is -0.107. The molecule has 0 radical (unpaired) electrons. The van der Waals surface area contributed by atoms with Crippen LogP contribution in [0.15, 0.2) is 21.3 Å². The fourth-order valence-electron chi connectivity index (χ4n) is 1.97. The Bertz CT molecular complexity index is 725. The summed E-state index contributed by atoms with van der Waals surface area (Å²) in [6, 6.07) is 3.46. The van der Waals surface area contributed by atoms with Crippen molar-refractivity contribution in [2.24, 2.45) is 5.84 Å². The molecule has 2 aromatic rings. The average molecular weight is 284 g/mol. The number of carbonyl (C=O) groups is 1. The second-order valence-electron chi connectivity index (χ2n) is 4.44. The van der Waals surface area contributed by atoms with Gasteiger partial charge in [0.1, 0.15) is 5.58 Å². The molecule has 6 nitrogen and oxygen atoms in total. The molecule has 0 bridgehead atoms. The van der Waals surface area contributed by atoms with Crippen LogP contribution in [0.5, 0.6) is 0 Å². The van der Waals surface area contributed by atoms with Gasteiger partial charge in [-0.15, -0.1) is 0 Å². The number of hydrazine groups is 1. The first-order valence-electron chi connectivity index (χ1n) is 5.76. The maximum absolute atomic E-state index is 11.9. The van der Waals surface area contributed by atoms with E-state index < -0.39 is 11.5 Å². The summed E-state index contributed by atoms with van der Waals surface area (Å²) in [5.41, 5.74) is 10.1. The molecule has 0 aliphatic carbocycles. The predicted molar refractivity (Wildman–Crippen MR) is 72.4 cm³/mol. The number of anilines is 1. The Morgan fingerprint density at radius 3 is 2.60 bits per heavy atom. The Balaban J connectivity index is 0.00000200. The van der Waals surface area contributed by atoms with Gasteiger partial charge in [-0.05, 0) is 31.0 Å². The number of aryl methyl sites for hydroxylation is 2. The van der Waals surface area contributed by atoms with Crippen molar-refractivity contribution in [1.82, 2.24) is 5.43 Å². The summed E-state index contributed by atoms with van der Waals surface area (Å²) in [4.78, 5) is 23.2. The fraction of sp³-hybridized carbons (Fsp3) is 0.231. The molecule has 1 aromatic carbocycles. The van der Waals surface area contributed by atoms with Crippen LogP contribution in [0.1, 0.15) is 16.7 Å². The van der Waals surface area contributed by atoms with Crippen LogP contribution in [0.3, 0.4) is 0 Å². The molecule has 100 valence electrons. The monoisotopic (exact) mass is 284 g/mol. The number of nitrogens with two attached hydrogens (primary N) is 2. The molecule has 5 N–H and O–H groups in total. The molecular weight excluding hydrogens is 269 g/mol. The predicted octanol–water partition coefficient (Wildman–Crippen LogP) is -2.47. The molecule has 0 fully saturated rings. The number of amides is 1. The summed E-state index contributed by atoms with van der Waals surface area (Å²) in [6.45, 7) is 3.64. The summed E-state index contributed by atoms with van der Waals surface area (Å²) in [5.74, 6) is 4.59. The zero-order valence-corrected chi connectivity index (χ0v) is 13.7. The molecule has 20 heavy (non-hydrogen) atoms. The second-order valence-corrected chi connectivity index (χ2v) is 4.44. The zero-order chi connectivity index (χ0) is 14.2. The van der Waals surface area contributed by atoms with Gasteiger partial charge in [-0.2, -0.15) is 0 Å². The summed E-state index contributed by atoms with van der Waals surface area (Å²) in [5, 5.41) is 0.770. The third-order valence-electron chi connectivity index (χ3n) is 3.17. The largest absolute Gasteiger partial charge is 1.00 e. The van der Waals surface area contributed by atoms with Crippen molar-refractivity contribution in [1.29, 1.82) is 0 Å². The maximum Gasteiger partial charge on any atom is 1.00 e. The number of nitrogens with one attached hydrogen (secondary N) is 1. The normalized spacial score (nSPS) is 10.2. The number of hydrogen-bond acceptors (Lipinski definition) is 5. The van der Waals surface area contributed by atoms with Crippen LogP contribution in [-0.2, 0) is 11.2 Å². The van der Waals surface area contributed by atoms with E-state index in [2.05, 4.69) is 0 Å². The second kappa shape index (κ2) is 6.41. The Morgan fingerprint density at radius 2 is 2.00 bits per heavy atom. The summed E-state index contributed by atoms with van der Waals surface area (Å²) < 4.78 is 5.20. The van der Waals surface area contributed by atoms with E-state index in [0.29, 0.717) is 22.4 Å². The fourth-order valence-corrected chi connectivity index (χ4v) is 1.97. The van der Waals surface area contributed by atoms with E-state index in [1.54, 1.807) is 13.0 Å². The molecule has 0 spiro atoms. The van der Waals surface area contributed by atoms with Gasteiger partial charge in [-0.25, -0.2) is 10.6 Å². The number of hydrogen-bond donors (Lipinski definition) is 3. The van der Waals surface area contributed by atoms with Crippen LogP contribution in [-0.4, -0.2) is 5.91 Å². The smallest absolute Gasteiger partial charge is 0.422 e. The molecule has 0 aliphatic heterocycles. The molecule has 2 rings (SSSR count). The van der Waals surface area contributed by atoms with Crippen molar-refractivity contribution in [3.63, 3.8) is 0 Å². The first-order chi connectivity index (χ1) is 8.93. The van der Waals surface area contributed by atoms with Crippen LogP contribution < -0.4 is 52.2 Å². The van der Waals surface area contributed by atoms with E-state index in [9.17, 15) is 9.59 Å². The molecule has 1 amide bonds. The minimum atomic E-state index is -0.545. The minimum Gasteiger partial charge on any atom is -0.422 e. The molecule has 1 heterocycles. The van der Waals surface area contributed by atoms with Crippen LogP contribution in [0.25, 0.3) is 11.0 Å². The number of carbonyl (C=O) groups excluding carboxylic acids is 1. The molecule has 7 heteroatoms. The first kappa shape index (κ1) is 16.7. The van der Waals surface area contributed by atoms with Crippen molar-refractivity contribution >= 4 is 22.6 Å². The minimum absolute atomic E-state index is 0. The average Bonchev–Trinajstić information content (AvgIpc) is 2.37.